The number of carbonyl (C=O) groups is 1. The monoisotopic (exact) mass is 496 g/mol. The van der Waals surface area contributed by atoms with E-state index in [1.165, 1.54) is 24.3 Å². The van der Waals surface area contributed by atoms with E-state index in [2.05, 4.69) is 47.1 Å². The molecule has 11 heteroatoms. The number of hydrogen-bond acceptors (Lipinski definition) is 6. The third-order valence-electron chi connectivity index (χ3n) is 3.43. The van der Waals surface area contributed by atoms with Crippen LogP contribution in [0.2, 0.25) is 0 Å². The smallest absolute Gasteiger partial charge is 0.302 e. The van der Waals surface area contributed by atoms with E-state index >= 15 is 0 Å². The summed E-state index contributed by atoms with van der Waals surface area (Å²) >= 11 is 6.70. The minimum absolute atomic E-state index is 0.107. The largest absolute Gasteiger partial charge is 0.493 e. The average molecular weight is 498 g/mol. The number of hydrogen-bond donors (Lipinski definition) is 2. The van der Waals surface area contributed by atoms with Crippen molar-refractivity contribution >= 4 is 60.0 Å². The number of aromatic hydroxyl groups is 1. The minimum Gasteiger partial charge on any atom is -0.493 e. The van der Waals surface area contributed by atoms with Gasteiger partial charge >= 0.3 is 5.91 Å². The molecular formula is C16H10Br2N4O5. The number of aromatic nitrogens is 1. The zero-order chi connectivity index (χ0) is 19.6. The summed E-state index contributed by atoms with van der Waals surface area (Å²) in [5.74, 6) is -0.792. The number of H-pyrrole nitrogens is 1. The Bertz CT molecular complexity index is 1080. The normalized spacial score (nSPS) is 11.2. The molecule has 0 saturated heterocycles. The highest BCUT2D eigenvalue weighted by molar-refractivity contribution is 9.11. The number of azo groups is 1. The Kier molecular flexibility index (Phi) is 5.51. The summed E-state index contributed by atoms with van der Waals surface area (Å²) in [6, 6.07) is 8.94. The molecule has 0 atom stereocenters. The summed E-state index contributed by atoms with van der Waals surface area (Å²) in [4.78, 5) is 24.8. The first kappa shape index (κ1) is 19.0. The molecule has 0 radical (unpaired) electrons. The number of non-ortho nitro benzene ring substituents is 1. The maximum absolute atomic E-state index is 11.9. The van der Waals surface area contributed by atoms with Crippen LogP contribution in [0.4, 0.5) is 11.4 Å². The predicted molar refractivity (Wildman–Crippen MR) is 103 cm³/mol. The van der Waals surface area contributed by atoms with Crippen molar-refractivity contribution in [1.29, 1.82) is 0 Å². The van der Waals surface area contributed by atoms with Gasteiger partial charge in [0.2, 0.25) is 5.88 Å². The van der Waals surface area contributed by atoms with Gasteiger partial charge < -0.3 is 14.8 Å². The number of fused-ring (bicyclic) bond motifs is 1. The van der Waals surface area contributed by atoms with E-state index in [4.69, 9.17) is 4.74 Å². The second kappa shape index (κ2) is 7.84. The summed E-state index contributed by atoms with van der Waals surface area (Å²) in [5, 5.41) is 28.6. The quantitative estimate of drug-likeness (QED) is 0.291. The van der Waals surface area contributed by atoms with Crippen molar-refractivity contribution in [2.45, 2.75) is 0 Å². The van der Waals surface area contributed by atoms with E-state index in [0.29, 0.717) is 15.4 Å². The molecule has 0 aliphatic heterocycles. The number of carbonyl (C=O) groups excluding carboxylic acids is 1. The van der Waals surface area contributed by atoms with Gasteiger partial charge in [0.15, 0.2) is 12.3 Å². The van der Waals surface area contributed by atoms with Crippen LogP contribution in [0.1, 0.15) is 0 Å². The minimum atomic E-state index is -0.718. The topological polar surface area (TPSA) is 130 Å². The van der Waals surface area contributed by atoms with Crippen LogP contribution < -0.4 is 4.74 Å². The van der Waals surface area contributed by atoms with Gasteiger partial charge in [-0.15, -0.1) is 10.2 Å². The predicted octanol–water partition coefficient (Wildman–Crippen LogP) is 5.00. The van der Waals surface area contributed by atoms with Gasteiger partial charge in [0.05, 0.1) is 16.5 Å². The molecule has 0 aliphatic carbocycles. The van der Waals surface area contributed by atoms with Crippen LogP contribution in [0.3, 0.4) is 0 Å². The van der Waals surface area contributed by atoms with Crippen molar-refractivity contribution in [3.05, 3.63) is 55.5 Å². The molecule has 0 spiro atoms. The van der Waals surface area contributed by atoms with Crippen molar-refractivity contribution in [1.82, 2.24) is 4.98 Å². The Balaban J connectivity index is 1.74. The van der Waals surface area contributed by atoms with Crippen molar-refractivity contribution in [2.24, 2.45) is 10.2 Å². The van der Waals surface area contributed by atoms with E-state index in [1.807, 2.05) is 0 Å². The van der Waals surface area contributed by atoms with Gasteiger partial charge in [-0.1, -0.05) is 22.0 Å². The highest BCUT2D eigenvalue weighted by Crippen LogP contribution is 2.40. The third kappa shape index (κ3) is 4.31. The lowest BCUT2D eigenvalue weighted by Crippen LogP contribution is -2.07. The van der Waals surface area contributed by atoms with Crippen LogP contribution >= 0.6 is 31.9 Å². The van der Waals surface area contributed by atoms with Crippen LogP contribution in [0, 0.1) is 10.1 Å². The molecule has 0 fully saturated rings. The number of aromatic amines is 1. The Morgan fingerprint density at radius 1 is 1.30 bits per heavy atom. The number of halogens is 2. The first-order valence-electron chi connectivity index (χ1n) is 7.36. The maximum Gasteiger partial charge on any atom is 0.302 e. The Labute approximate surface area is 168 Å². The van der Waals surface area contributed by atoms with Crippen molar-refractivity contribution < 1.29 is 19.6 Å². The van der Waals surface area contributed by atoms with Crippen molar-refractivity contribution in [3.8, 4) is 11.6 Å². The number of ether oxygens (including phenoxy) is 1. The molecule has 1 heterocycles. The van der Waals surface area contributed by atoms with Crippen molar-refractivity contribution in [3.63, 3.8) is 0 Å². The highest BCUT2D eigenvalue weighted by Gasteiger charge is 2.14. The van der Waals surface area contributed by atoms with Crippen molar-refractivity contribution in [2.75, 3.05) is 6.61 Å². The molecule has 0 unspecified atom stereocenters. The molecule has 2 aromatic carbocycles. The molecule has 27 heavy (non-hydrogen) atoms. The first-order chi connectivity index (χ1) is 12.8. The summed E-state index contributed by atoms with van der Waals surface area (Å²) in [6.07, 6.45) is 0. The number of rotatable bonds is 5. The van der Waals surface area contributed by atoms with Gasteiger partial charge in [-0.25, -0.2) is 0 Å². The fourth-order valence-corrected chi connectivity index (χ4v) is 3.58. The van der Waals surface area contributed by atoms with E-state index in [9.17, 15) is 20.0 Å². The van der Waals surface area contributed by atoms with Crippen LogP contribution in [0.25, 0.3) is 10.9 Å². The molecule has 1 aromatic heterocycles. The number of amides is 1. The number of nitro groups is 1. The lowest BCUT2D eigenvalue weighted by Gasteiger charge is -2.02. The molecule has 2 N–H and O–H groups in total. The van der Waals surface area contributed by atoms with Gasteiger partial charge in [0, 0.05) is 20.4 Å². The van der Waals surface area contributed by atoms with Gasteiger partial charge in [0.1, 0.15) is 5.75 Å². The summed E-state index contributed by atoms with van der Waals surface area (Å²) in [5.41, 5.74) is 0.557. The molecule has 0 saturated carbocycles. The van der Waals surface area contributed by atoms with Gasteiger partial charge in [-0.2, -0.15) is 0 Å². The van der Waals surface area contributed by atoms with E-state index in [0.717, 1.165) is 4.47 Å². The van der Waals surface area contributed by atoms with Crippen LogP contribution in [0.15, 0.2) is 55.6 Å². The number of benzene rings is 2. The van der Waals surface area contributed by atoms with Gasteiger partial charge in [-0.05, 0) is 34.1 Å². The molecule has 9 nitrogen and oxygen atoms in total. The Hall–Kier alpha value is -2.79. The molecule has 0 aliphatic rings. The van der Waals surface area contributed by atoms with E-state index in [1.54, 1.807) is 12.1 Å². The second-order valence-corrected chi connectivity index (χ2v) is 7.04. The van der Waals surface area contributed by atoms with E-state index in [-0.39, 0.29) is 23.0 Å². The second-order valence-electron chi connectivity index (χ2n) is 5.27. The molecule has 138 valence electrons. The van der Waals surface area contributed by atoms with Crippen LogP contribution in [-0.4, -0.2) is 27.5 Å². The summed E-state index contributed by atoms with van der Waals surface area (Å²) in [7, 11) is 0. The Morgan fingerprint density at radius 2 is 2.07 bits per heavy atom. The Morgan fingerprint density at radius 3 is 2.81 bits per heavy atom. The fraction of sp³-hybridized carbons (Fsp3) is 0.0625. The van der Waals surface area contributed by atoms with Crippen LogP contribution in [0.5, 0.6) is 11.6 Å². The highest BCUT2D eigenvalue weighted by atomic mass is 79.9. The zero-order valence-electron chi connectivity index (χ0n) is 13.3. The number of nitrogens with zero attached hydrogens (tertiary/aromatic N) is 3. The van der Waals surface area contributed by atoms with E-state index < -0.39 is 17.4 Å². The number of nitrogens with one attached hydrogen (secondary N) is 1. The lowest BCUT2D eigenvalue weighted by atomic mass is 10.2. The standard InChI is InChI=1S/C16H10Br2N4O5/c17-8-4-11-14(12(18)5-8)19-16(24)15(11)21-20-13(23)7-27-10-3-1-2-9(6-10)22(25)26/h1-6,19,24H,7H2. The maximum atomic E-state index is 11.9. The summed E-state index contributed by atoms with van der Waals surface area (Å²) in [6.45, 7) is -0.457. The lowest BCUT2D eigenvalue weighted by molar-refractivity contribution is -0.384. The molecule has 3 aromatic rings. The average Bonchev–Trinajstić information content (AvgIpc) is 2.94. The first-order valence-corrected chi connectivity index (χ1v) is 8.95. The molecule has 3 rings (SSSR count). The number of nitro benzene ring substituents is 1. The van der Waals surface area contributed by atoms with Gasteiger partial charge in [-0.3, -0.25) is 14.9 Å². The summed E-state index contributed by atoms with van der Waals surface area (Å²) < 4.78 is 6.64. The zero-order valence-corrected chi connectivity index (χ0v) is 16.5. The molecule has 1 amide bonds. The van der Waals surface area contributed by atoms with Crippen LogP contribution in [-0.2, 0) is 4.79 Å². The fourth-order valence-electron chi connectivity index (χ4n) is 2.26. The third-order valence-corrected chi connectivity index (χ3v) is 4.51. The molecule has 0 bridgehead atoms. The SMILES string of the molecule is O=C(COc1cccc([N+](=O)[O-])c1)N=Nc1c(O)[nH]c2c(Br)cc(Br)cc12. The molecular weight excluding hydrogens is 488 g/mol. The van der Waals surface area contributed by atoms with Gasteiger partial charge in [0.25, 0.3) is 5.69 Å².